The minimum absolute atomic E-state index is 0.948. The Hall–Kier alpha value is -1.10. The molecule has 0 amide bonds. The molecule has 0 atom stereocenters. The van der Waals surface area contributed by atoms with Crippen LogP contribution in [-0.2, 0) is 12.8 Å². The van der Waals surface area contributed by atoms with Crippen LogP contribution in [0.3, 0.4) is 0 Å². The van der Waals surface area contributed by atoms with Crippen LogP contribution in [0.5, 0.6) is 11.5 Å². The van der Waals surface area contributed by atoms with E-state index >= 15 is 0 Å². The van der Waals surface area contributed by atoms with Crippen molar-refractivity contribution in [3.05, 3.63) is 51.4 Å². The molecule has 0 bridgehead atoms. The van der Waals surface area contributed by atoms with Crippen LogP contribution in [0.25, 0.3) is 0 Å². The second-order valence-corrected chi connectivity index (χ2v) is 4.93. The van der Waals surface area contributed by atoms with Crippen LogP contribution in [0, 0.1) is 3.70 Å². The highest BCUT2D eigenvalue weighted by atomic mass is 127. The predicted octanol–water partition coefficient (Wildman–Crippen LogP) is 3.58. The summed E-state index contributed by atoms with van der Waals surface area (Å²) in [5.74, 6) is 1.92. The number of halogens is 1. The summed E-state index contributed by atoms with van der Waals surface area (Å²) in [5, 5.41) is 0. The molecular formula is C13H10INO. The van der Waals surface area contributed by atoms with Gasteiger partial charge in [-0.05, 0) is 47.1 Å². The first-order chi connectivity index (χ1) is 7.83. The van der Waals surface area contributed by atoms with Crippen LogP contribution in [0.15, 0.2) is 36.5 Å². The van der Waals surface area contributed by atoms with Crippen molar-refractivity contribution < 1.29 is 4.74 Å². The highest BCUT2D eigenvalue weighted by molar-refractivity contribution is 14.1. The predicted molar refractivity (Wildman–Crippen MR) is 70.9 cm³/mol. The molecule has 0 radical (unpaired) electrons. The molecule has 2 heterocycles. The molecule has 3 heteroatoms. The highest BCUT2D eigenvalue weighted by Gasteiger charge is 2.14. The van der Waals surface area contributed by atoms with E-state index in [0.29, 0.717) is 0 Å². The molecule has 0 saturated heterocycles. The molecule has 1 aromatic carbocycles. The molecule has 0 fully saturated rings. The Morgan fingerprint density at radius 1 is 1.06 bits per heavy atom. The van der Waals surface area contributed by atoms with Gasteiger partial charge in [-0.25, -0.2) is 4.98 Å². The minimum Gasteiger partial charge on any atom is -0.457 e. The van der Waals surface area contributed by atoms with E-state index in [1.54, 1.807) is 0 Å². The number of nitrogens with zero attached hydrogens (tertiary/aromatic N) is 1. The van der Waals surface area contributed by atoms with Crippen molar-refractivity contribution in [1.29, 1.82) is 0 Å². The third-order valence-electron chi connectivity index (χ3n) is 2.77. The molecule has 2 nitrogen and oxygen atoms in total. The molecule has 1 aromatic heterocycles. The largest absolute Gasteiger partial charge is 0.457 e. The van der Waals surface area contributed by atoms with E-state index in [1.165, 1.54) is 11.1 Å². The van der Waals surface area contributed by atoms with Gasteiger partial charge in [0.15, 0.2) is 0 Å². The van der Waals surface area contributed by atoms with Gasteiger partial charge in [0.2, 0.25) is 0 Å². The summed E-state index contributed by atoms with van der Waals surface area (Å²) in [4.78, 5) is 4.30. The zero-order chi connectivity index (χ0) is 11.0. The van der Waals surface area contributed by atoms with Gasteiger partial charge in [0, 0.05) is 17.8 Å². The van der Waals surface area contributed by atoms with E-state index in [1.807, 2.05) is 24.4 Å². The van der Waals surface area contributed by atoms with E-state index in [2.05, 4.69) is 39.7 Å². The molecule has 0 saturated carbocycles. The number of fused-ring (bicyclic) bond motifs is 2. The molecule has 2 aromatic rings. The zero-order valence-electron chi connectivity index (χ0n) is 8.61. The maximum atomic E-state index is 5.94. The van der Waals surface area contributed by atoms with Crippen LogP contribution in [0.1, 0.15) is 11.1 Å². The van der Waals surface area contributed by atoms with Crippen molar-refractivity contribution in [3.8, 4) is 11.5 Å². The molecular weight excluding hydrogens is 313 g/mol. The van der Waals surface area contributed by atoms with Crippen LogP contribution in [-0.4, -0.2) is 4.98 Å². The van der Waals surface area contributed by atoms with Gasteiger partial charge in [-0.3, -0.25) is 0 Å². The van der Waals surface area contributed by atoms with Crippen molar-refractivity contribution in [3.63, 3.8) is 0 Å². The molecule has 0 unspecified atom stereocenters. The SMILES string of the molecule is Ic1cc2c(cn1)CCc1ccccc1O2. The Morgan fingerprint density at radius 2 is 1.88 bits per heavy atom. The highest BCUT2D eigenvalue weighted by Crippen LogP contribution is 2.33. The van der Waals surface area contributed by atoms with Crippen LogP contribution in [0.4, 0.5) is 0 Å². The van der Waals surface area contributed by atoms with Crippen LogP contribution >= 0.6 is 22.6 Å². The molecule has 1 aliphatic heterocycles. The van der Waals surface area contributed by atoms with Gasteiger partial charge < -0.3 is 4.74 Å². The molecule has 1 aliphatic rings. The summed E-state index contributed by atoms with van der Waals surface area (Å²) in [6, 6.07) is 10.2. The lowest BCUT2D eigenvalue weighted by Gasteiger charge is -2.08. The molecule has 0 N–H and O–H groups in total. The van der Waals surface area contributed by atoms with E-state index in [-0.39, 0.29) is 0 Å². The number of hydrogen-bond donors (Lipinski definition) is 0. The first kappa shape index (κ1) is 10.1. The van der Waals surface area contributed by atoms with Crippen molar-refractivity contribution in [2.75, 3.05) is 0 Å². The monoisotopic (exact) mass is 323 g/mol. The normalized spacial score (nSPS) is 13.3. The van der Waals surface area contributed by atoms with Crippen molar-refractivity contribution in [2.24, 2.45) is 0 Å². The summed E-state index contributed by atoms with van der Waals surface area (Å²) >= 11 is 2.21. The maximum Gasteiger partial charge on any atom is 0.134 e. The number of ether oxygens (including phenoxy) is 1. The lowest BCUT2D eigenvalue weighted by molar-refractivity contribution is 0.478. The lowest BCUT2D eigenvalue weighted by Crippen LogP contribution is -1.91. The number of hydrogen-bond acceptors (Lipinski definition) is 2. The van der Waals surface area contributed by atoms with Gasteiger partial charge >= 0.3 is 0 Å². The smallest absolute Gasteiger partial charge is 0.134 e. The average molecular weight is 323 g/mol. The number of pyridine rings is 1. The quantitative estimate of drug-likeness (QED) is 0.546. The third-order valence-corrected chi connectivity index (χ3v) is 3.36. The summed E-state index contributed by atoms with van der Waals surface area (Å²) < 4.78 is 6.91. The number of aromatic nitrogens is 1. The molecule has 80 valence electrons. The van der Waals surface area contributed by atoms with E-state index in [9.17, 15) is 0 Å². The number of aryl methyl sites for hydroxylation is 2. The zero-order valence-corrected chi connectivity index (χ0v) is 10.8. The van der Waals surface area contributed by atoms with Crippen molar-refractivity contribution >= 4 is 22.6 Å². The van der Waals surface area contributed by atoms with Crippen LogP contribution in [0.2, 0.25) is 0 Å². The molecule has 3 rings (SSSR count). The first-order valence-corrected chi connectivity index (χ1v) is 6.31. The van der Waals surface area contributed by atoms with Gasteiger partial charge in [0.1, 0.15) is 15.2 Å². The Bertz CT molecular complexity index is 539. The van der Waals surface area contributed by atoms with Gasteiger partial charge in [-0.15, -0.1) is 0 Å². The van der Waals surface area contributed by atoms with E-state index in [0.717, 1.165) is 28.0 Å². The molecule has 16 heavy (non-hydrogen) atoms. The fourth-order valence-electron chi connectivity index (χ4n) is 1.92. The van der Waals surface area contributed by atoms with Gasteiger partial charge in [-0.1, -0.05) is 18.2 Å². The fourth-order valence-corrected chi connectivity index (χ4v) is 2.34. The summed E-state index contributed by atoms with van der Waals surface area (Å²) in [7, 11) is 0. The second kappa shape index (κ2) is 4.05. The van der Waals surface area contributed by atoms with E-state index in [4.69, 9.17) is 4.74 Å². The number of benzene rings is 1. The Kier molecular flexibility index (Phi) is 2.55. The minimum atomic E-state index is 0.948. The number of para-hydroxylation sites is 1. The fraction of sp³-hybridized carbons (Fsp3) is 0.154. The standard InChI is InChI=1S/C13H10INO/c14-13-7-12-10(8-15-13)6-5-9-3-1-2-4-11(9)16-12/h1-4,7-8H,5-6H2. The van der Waals surface area contributed by atoms with Gasteiger partial charge in [0.25, 0.3) is 0 Å². The van der Waals surface area contributed by atoms with Crippen LogP contribution < -0.4 is 4.74 Å². The average Bonchev–Trinajstić information content (AvgIpc) is 2.47. The summed E-state index contributed by atoms with van der Waals surface area (Å²) in [6.07, 6.45) is 3.94. The molecule has 0 spiro atoms. The third kappa shape index (κ3) is 1.80. The Balaban J connectivity index is 2.10. The topological polar surface area (TPSA) is 22.1 Å². The maximum absolute atomic E-state index is 5.94. The van der Waals surface area contributed by atoms with Crippen molar-refractivity contribution in [2.45, 2.75) is 12.8 Å². The van der Waals surface area contributed by atoms with Crippen molar-refractivity contribution in [1.82, 2.24) is 4.98 Å². The summed E-state index contributed by atoms with van der Waals surface area (Å²) in [6.45, 7) is 0. The number of rotatable bonds is 0. The first-order valence-electron chi connectivity index (χ1n) is 5.23. The van der Waals surface area contributed by atoms with E-state index < -0.39 is 0 Å². The second-order valence-electron chi connectivity index (χ2n) is 3.82. The van der Waals surface area contributed by atoms with Gasteiger partial charge in [0.05, 0.1) is 0 Å². The van der Waals surface area contributed by atoms with Gasteiger partial charge in [-0.2, -0.15) is 0 Å². The Morgan fingerprint density at radius 3 is 2.81 bits per heavy atom. The molecule has 0 aliphatic carbocycles. The lowest BCUT2D eigenvalue weighted by atomic mass is 10.1. The Labute approximate surface area is 108 Å². The summed E-state index contributed by atoms with van der Waals surface area (Å²) in [5.41, 5.74) is 2.46.